The molecule has 0 bridgehead atoms. The number of halogens is 3. The first kappa shape index (κ1) is 26.2. The van der Waals surface area contributed by atoms with Gasteiger partial charge in [0, 0.05) is 43.9 Å². The minimum Gasteiger partial charge on any atom is -0.493 e. The Morgan fingerprint density at radius 2 is 2.15 bits per heavy atom. The second-order valence-electron chi connectivity index (χ2n) is 9.34. The van der Waals surface area contributed by atoms with E-state index in [1.807, 2.05) is 13.0 Å². The monoisotopic (exact) mass is 542 g/mol. The molecule has 1 spiro atoms. The van der Waals surface area contributed by atoms with Gasteiger partial charge in [0.2, 0.25) is 5.91 Å². The number of benzene rings is 1. The van der Waals surface area contributed by atoms with E-state index >= 15 is 0 Å². The van der Waals surface area contributed by atoms with E-state index < -0.39 is 24.2 Å². The number of aliphatic imine (C=N–C) groups is 1. The number of amides is 2. The van der Waals surface area contributed by atoms with Gasteiger partial charge in [0.15, 0.2) is 18.2 Å². The molecule has 1 aromatic carbocycles. The largest absolute Gasteiger partial charge is 0.493 e. The highest BCUT2D eigenvalue weighted by atomic mass is 19.4. The number of hydrogen-bond donors (Lipinski definition) is 2. The third kappa shape index (κ3) is 5.29. The molecule has 204 valence electrons. The molecule has 3 aromatic rings. The number of nitrogens with one attached hydrogen (secondary N) is 2. The minimum atomic E-state index is -4.48. The van der Waals surface area contributed by atoms with Crippen molar-refractivity contribution in [2.24, 2.45) is 4.99 Å². The van der Waals surface area contributed by atoms with Crippen LogP contribution in [-0.4, -0.2) is 59.2 Å². The van der Waals surface area contributed by atoms with Crippen LogP contribution in [0.25, 0.3) is 5.82 Å². The van der Waals surface area contributed by atoms with Gasteiger partial charge in [-0.2, -0.15) is 23.0 Å². The second kappa shape index (κ2) is 10.0. The highest BCUT2D eigenvalue weighted by molar-refractivity contribution is 6.07. The van der Waals surface area contributed by atoms with Crippen molar-refractivity contribution in [3.05, 3.63) is 58.9 Å². The van der Waals surface area contributed by atoms with Crippen molar-refractivity contribution in [2.75, 3.05) is 25.6 Å². The zero-order valence-corrected chi connectivity index (χ0v) is 21.1. The van der Waals surface area contributed by atoms with Gasteiger partial charge in [0.25, 0.3) is 5.91 Å². The SMILES string of the molecule is CN=CCC(=O)Nc1c2c(nn1-c1ccc(C)cn1)C[C@]1(CCOc3cc(OCC(F)(F)F)ccc31)NC2=O. The van der Waals surface area contributed by atoms with E-state index in [2.05, 4.69) is 25.7 Å². The van der Waals surface area contributed by atoms with Gasteiger partial charge >= 0.3 is 6.18 Å². The highest BCUT2D eigenvalue weighted by Crippen LogP contribution is 2.44. The van der Waals surface area contributed by atoms with Crippen LogP contribution in [0.2, 0.25) is 0 Å². The van der Waals surface area contributed by atoms with Gasteiger partial charge in [-0.15, -0.1) is 0 Å². The lowest BCUT2D eigenvalue weighted by molar-refractivity contribution is -0.153. The molecule has 39 heavy (non-hydrogen) atoms. The molecule has 2 N–H and O–H groups in total. The van der Waals surface area contributed by atoms with Crippen molar-refractivity contribution in [3.8, 4) is 17.3 Å². The van der Waals surface area contributed by atoms with Crippen LogP contribution in [0.4, 0.5) is 19.0 Å². The van der Waals surface area contributed by atoms with Crippen molar-refractivity contribution in [3.63, 3.8) is 0 Å². The summed E-state index contributed by atoms with van der Waals surface area (Å²) in [5, 5.41) is 10.5. The van der Waals surface area contributed by atoms with Crippen LogP contribution in [0.15, 0.2) is 41.5 Å². The number of fused-ring (bicyclic) bond motifs is 3. The Bertz CT molecular complexity index is 1450. The molecule has 2 aromatic heterocycles. The number of nitrogens with zero attached hydrogens (tertiary/aromatic N) is 4. The molecule has 2 aliphatic heterocycles. The summed E-state index contributed by atoms with van der Waals surface area (Å²) in [7, 11) is 1.56. The molecule has 0 saturated heterocycles. The van der Waals surface area contributed by atoms with Crippen molar-refractivity contribution in [2.45, 2.75) is 37.9 Å². The Hall–Kier alpha value is -4.42. The molecular weight excluding hydrogens is 517 g/mol. The number of alkyl halides is 3. The molecule has 0 unspecified atom stereocenters. The van der Waals surface area contributed by atoms with E-state index in [9.17, 15) is 22.8 Å². The predicted molar refractivity (Wildman–Crippen MR) is 135 cm³/mol. The first-order valence-corrected chi connectivity index (χ1v) is 12.1. The molecule has 0 radical (unpaired) electrons. The van der Waals surface area contributed by atoms with Gasteiger partial charge in [-0.05, 0) is 30.7 Å². The first-order chi connectivity index (χ1) is 18.6. The predicted octanol–water partition coefficient (Wildman–Crippen LogP) is 3.51. The van der Waals surface area contributed by atoms with E-state index in [1.165, 1.54) is 23.0 Å². The van der Waals surface area contributed by atoms with Gasteiger partial charge < -0.3 is 25.1 Å². The average molecular weight is 543 g/mol. The fraction of sp³-hybridized carbons (Fsp3) is 0.346. The number of carbonyl (C=O) groups is 2. The van der Waals surface area contributed by atoms with Crippen LogP contribution in [0.3, 0.4) is 0 Å². The van der Waals surface area contributed by atoms with Crippen LogP contribution in [-0.2, 0) is 16.8 Å². The fourth-order valence-electron chi connectivity index (χ4n) is 4.72. The van der Waals surface area contributed by atoms with E-state index in [0.29, 0.717) is 29.2 Å². The molecule has 5 rings (SSSR count). The van der Waals surface area contributed by atoms with Crippen LogP contribution in [0.1, 0.15) is 40.0 Å². The zero-order valence-electron chi connectivity index (χ0n) is 21.1. The summed E-state index contributed by atoms with van der Waals surface area (Å²) in [5.41, 5.74) is 1.25. The molecule has 0 saturated carbocycles. The molecule has 0 fully saturated rings. The summed E-state index contributed by atoms with van der Waals surface area (Å²) in [6, 6.07) is 7.97. The smallest absolute Gasteiger partial charge is 0.422 e. The highest BCUT2D eigenvalue weighted by Gasteiger charge is 2.46. The molecule has 2 aliphatic rings. The van der Waals surface area contributed by atoms with E-state index in [-0.39, 0.29) is 42.5 Å². The number of hydrogen-bond acceptors (Lipinski definition) is 7. The number of anilines is 1. The summed E-state index contributed by atoms with van der Waals surface area (Å²) < 4.78 is 49.9. The third-order valence-electron chi connectivity index (χ3n) is 6.49. The number of carbonyl (C=O) groups excluding carboxylic acids is 2. The molecule has 2 amide bonds. The molecule has 0 aliphatic carbocycles. The van der Waals surface area contributed by atoms with Crippen LogP contribution >= 0.6 is 0 Å². The zero-order chi connectivity index (χ0) is 27.8. The van der Waals surface area contributed by atoms with Gasteiger partial charge in [0.1, 0.15) is 17.1 Å². The Labute approximate surface area is 221 Å². The van der Waals surface area contributed by atoms with Crippen molar-refractivity contribution < 1.29 is 32.2 Å². The lowest BCUT2D eigenvalue weighted by Crippen LogP contribution is -2.53. The van der Waals surface area contributed by atoms with Gasteiger partial charge in [-0.25, -0.2) is 4.98 Å². The number of rotatable bonds is 6. The lowest BCUT2D eigenvalue weighted by atomic mass is 9.77. The third-order valence-corrected chi connectivity index (χ3v) is 6.49. The molecule has 4 heterocycles. The van der Waals surface area contributed by atoms with Crippen LogP contribution < -0.4 is 20.1 Å². The van der Waals surface area contributed by atoms with E-state index in [0.717, 1.165) is 5.56 Å². The topological polar surface area (TPSA) is 120 Å². The van der Waals surface area contributed by atoms with Crippen LogP contribution in [0, 0.1) is 6.92 Å². The van der Waals surface area contributed by atoms with Gasteiger partial charge in [0.05, 0.1) is 24.3 Å². The Balaban J connectivity index is 1.53. The maximum Gasteiger partial charge on any atom is 0.422 e. The maximum atomic E-state index is 13.6. The molecule has 13 heteroatoms. The van der Waals surface area contributed by atoms with Gasteiger partial charge in [-0.1, -0.05) is 6.07 Å². The number of aromatic nitrogens is 3. The first-order valence-electron chi connectivity index (χ1n) is 12.1. The standard InChI is InChI=1S/C26H25F3N6O4/c1-15-3-6-20(31-13-15)35-23(32-21(36)7-9-30-2)22-18(34-35)12-25(33-24(22)37)8-10-38-19-11-16(4-5-17(19)25)39-14-26(27,28)29/h3-6,9,11,13H,7-8,10,12,14H2,1-2H3,(H,32,36)(H,33,37)/t25-/m0/s1. The summed E-state index contributed by atoms with van der Waals surface area (Å²) in [6.45, 7) is 0.669. The molecular formula is C26H25F3N6O4. The number of ether oxygens (including phenoxy) is 2. The number of aryl methyl sites for hydroxylation is 1. The van der Waals surface area contributed by atoms with Crippen molar-refractivity contribution >= 4 is 23.8 Å². The average Bonchev–Trinajstić information content (AvgIpc) is 3.24. The minimum absolute atomic E-state index is 0.00120. The quantitative estimate of drug-likeness (QED) is 0.460. The Morgan fingerprint density at radius 3 is 2.87 bits per heavy atom. The summed E-state index contributed by atoms with van der Waals surface area (Å²) >= 11 is 0. The van der Waals surface area contributed by atoms with Crippen LogP contribution in [0.5, 0.6) is 11.5 Å². The molecule has 1 atom stereocenters. The van der Waals surface area contributed by atoms with Crippen molar-refractivity contribution in [1.82, 2.24) is 20.1 Å². The van der Waals surface area contributed by atoms with Gasteiger partial charge in [-0.3, -0.25) is 9.59 Å². The molecule has 10 nitrogen and oxygen atoms in total. The number of pyridine rings is 1. The van der Waals surface area contributed by atoms with E-state index in [1.54, 1.807) is 25.4 Å². The second-order valence-corrected chi connectivity index (χ2v) is 9.34. The Morgan fingerprint density at radius 1 is 1.33 bits per heavy atom. The summed E-state index contributed by atoms with van der Waals surface area (Å²) in [5.74, 6) is 0.0753. The maximum absolute atomic E-state index is 13.6. The van der Waals surface area contributed by atoms with E-state index in [4.69, 9.17) is 9.47 Å². The van der Waals surface area contributed by atoms with Crippen molar-refractivity contribution in [1.29, 1.82) is 0 Å². The fourth-order valence-corrected chi connectivity index (χ4v) is 4.72. The Kier molecular flexibility index (Phi) is 6.74. The lowest BCUT2D eigenvalue weighted by Gasteiger charge is -2.41. The normalized spacial score (nSPS) is 18.3. The summed E-state index contributed by atoms with van der Waals surface area (Å²) in [4.78, 5) is 34.5. The summed E-state index contributed by atoms with van der Waals surface area (Å²) in [6.07, 6.45) is -0.711.